The van der Waals surface area contributed by atoms with E-state index in [0.29, 0.717) is 17.9 Å². The van der Waals surface area contributed by atoms with Gasteiger partial charge in [-0.25, -0.2) is 0 Å². The third-order valence-corrected chi connectivity index (χ3v) is 4.48. The number of carbonyl (C=O) groups is 1. The van der Waals surface area contributed by atoms with Crippen molar-refractivity contribution >= 4 is 18.3 Å². The number of amides is 1. The van der Waals surface area contributed by atoms with Crippen molar-refractivity contribution in [3.05, 3.63) is 0 Å². The normalized spacial score (nSPS) is 29.4. The van der Waals surface area contributed by atoms with Crippen LogP contribution >= 0.6 is 12.4 Å². The number of piperidine rings is 1. The summed E-state index contributed by atoms with van der Waals surface area (Å²) in [7, 11) is 0. The minimum atomic E-state index is 0. The summed E-state index contributed by atoms with van der Waals surface area (Å²) in [4.78, 5) is 12.1. The Morgan fingerprint density at radius 3 is 2.28 bits per heavy atom. The molecule has 0 aromatic heterocycles. The van der Waals surface area contributed by atoms with Crippen LogP contribution in [-0.4, -0.2) is 25.0 Å². The van der Waals surface area contributed by atoms with E-state index >= 15 is 0 Å². The van der Waals surface area contributed by atoms with Crippen LogP contribution in [0.3, 0.4) is 0 Å². The van der Waals surface area contributed by atoms with E-state index in [-0.39, 0.29) is 12.4 Å². The first-order valence-corrected chi connectivity index (χ1v) is 7.30. The maximum Gasteiger partial charge on any atom is 0.223 e. The molecule has 1 heterocycles. The van der Waals surface area contributed by atoms with Gasteiger partial charge in [0.25, 0.3) is 0 Å². The molecule has 0 aromatic rings. The number of rotatable bonds is 3. The Balaban J connectivity index is 0.00000162. The summed E-state index contributed by atoms with van der Waals surface area (Å²) in [5, 5.41) is 6.57. The molecular formula is C14H27ClN2O. The van der Waals surface area contributed by atoms with Gasteiger partial charge in [0.1, 0.15) is 0 Å². The molecule has 0 atom stereocenters. The summed E-state index contributed by atoms with van der Waals surface area (Å²) in [6, 6.07) is 0.424. The zero-order chi connectivity index (χ0) is 12.1. The van der Waals surface area contributed by atoms with E-state index in [1.54, 1.807) is 0 Å². The first-order chi connectivity index (χ1) is 8.29. The van der Waals surface area contributed by atoms with Gasteiger partial charge in [0.05, 0.1) is 0 Å². The Kier molecular flexibility index (Phi) is 7.02. The minimum Gasteiger partial charge on any atom is -0.353 e. The van der Waals surface area contributed by atoms with Gasteiger partial charge in [-0.15, -0.1) is 12.4 Å². The Bertz CT molecular complexity index is 246. The predicted octanol–water partition coefficient (Wildman–Crippen LogP) is 2.49. The average Bonchev–Trinajstić information content (AvgIpc) is 2.40. The van der Waals surface area contributed by atoms with Crippen LogP contribution in [0.4, 0.5) is 0 Å². The summed E-state index contributed by atoms with van der Waals surface area (Å²) in [6.45, 7) is 4.36. The van der Waals surface area contributed by atoms with Crippen LogP contribution in [0.25, 0.3) is 0 Å². The highest BCUT2D eigenvalue weighted by Gasteiger charge is 2.27. The van der Waals surface area contributed by atoms with Gasteiger partial charge < -0.3 is 10.6 Å². The standard InChI is InChI=1S/C14H26N2O.ClH/c1-2-11-3-5-12(6-4-11)14(17)16-13-7-9-15-10-8-13;/h11-13,15H,2-10H2,1H3,(H,16,17);1H. The van der Waals surface area contributed by atoms with E-state index in [4.69, 9.17) is 0 Å². The van der Waals surface area contributed by atoms with Crippen LogP contribution in [0, 0.1) is 11.8 Å². The van der Waals surface area contributed by atoms with Crippen LogP contribution in [0.2, 0.25) is 0 Å². The molecule has 4 heteroatoms. The summed E-state index contributed by atoms with van der Waals surface area (Å²) < 4.78 is 0. The second-order valence-electron chi connectivity index (χ2n) is 5.66. The van der Waals surface area contributed by atoms with Gasteiger partial charge >= 0.3 is 0 Å². The first kappa shape index (κ1) is 15.8. The lowest BCUT2D eigenvalue weighted by Gasteiger charge is -2.30. The fourth-order valence-electron chi connectivity index (χ4n) is 3.12. The van der Waals surface area contributed by atoms with E-state index in [1.807, 2.05) is 0 Å². The number of nitrogens with one attached hydrogen (secondary N) is 2. The zero-order valence-electron chi connectivity index (χ0n) is 11.4. The van der Waals surface area contributed by atoms with E-state index in [0.717, 1.165) is 44.7 Å². The van der Waals surface area contributed by atoms with Crippen molar-refractivity contribution in [3.8, 4) is 0 Å². The first-order valence-electron chi connectivity index (χ1n) is 7.30. The molecular weight excluding hydrogens is 248 g/mol. The van der Waals surface area contributed by atoms with Crippen molar-refractivity contribution in [2.45, 2.75) is 57.9 Å². The van der Waals surface area contributed by atoms with Gasteiger partial charge in [-0.2, -0.15) is 0 Å². The highest BCUT2D eigenvalue weighted by molar-refractivity contribution is 5.85. The highest BCUT2D eigenvalue weighted by atomic mass is 35.5. The van der Waals surface area contributed by atoms with Crippen LogP contribution in [0.5, 0.6) is 0 Å². The number of hydrogen-bond donors (Lipinski definition) is 2. The average molecular weight is 275 g/mol. The molecule has 1 amide bonds. The highest BCUT2D eigenvalue weighted by Crippen LogP contribution is 2.30. The summed E-state index contributed by atoms with van der Waals surface area (Å²) >= 11 is 0. The van der Waals surface area contributed by atoms with Gasteiger partial charge in [-0.1, -0.05) is 13.3 Å². The molecule has 0 radical (unpaired) electrons. The molecule has 1 aliphatic heterocycles. The van der Waals surface area contributed by atoms with E-state index in [1.165, 1.54) is 19.3 Å². The fraction of sp³-hybridized carbons (Fsp3) is 0.929. The molecule has 0 bridgehead atoms. The van der Waals surface area contributed by atoms with Gasteiger partial charge in [-0.3, -0.25) is 4.79 Å². The second-order valence-corrected chi connectivity index (χ2v) is 5.66. The lowest BCUT2D eigenvalue weighted by molar-refractivity contribution is -0.127. The van der Waals surface area contributed by atoms with Crippen molar-refractivity contribution in [1.29, 1.82) is 0 Å². The molecule has 3 nitrogen and oxygen atoms in total. The summed E-state index contributed by atoms with van der Waals surface area (Å²) in [5.41, 5.74) is 0. The number of hydrogen-bond acceptors (Lipinski definition) is 2. The minimum absolute atomic E-state index is 0. The number of halogens is 1. The molecule has 0 aromatic carbocycles. The molecule has 1 saturated heterocycles. The Morgan fingerprint density at radius 1 is 1.11 bits per heavy atom. The fourth-order valence-corrected chi connectivity index (χ4v) is 3.12. The van der Waals surface area contributed by atoms with Crippen molar-refractivity contribution in [2.24, 2.45) is 11.8 Å². The third kappa shape index (κ3) is 4.43. The van der Waals surface area contributed by atoms with Gasteiger partial charge in [0.15, 0.2) is 0 Å². The molecule has 2 fully saturated rings. The molecule has 2 rings (SSSR count). The lowest BCUT2D eigenvalue weighted by atomic mass is 9.80. The quantitative estimate of drug-likeness (QED) is 0.830. The largest absolute Gasteiger partial charge is 0.353 e. The zero-order valence-corrected chi connectivity index (χ0v) is 12.2. The van der Waals surface area contributed by atoms with Crippen molar-refractivity contribution in [3.63, 3.8) is 0 Å². The SMILES string of the molecule is CCC1CCC(C(=O)NC2CCNCC2)CC1.Cl. The molecule has 0 unspecified atom stereocenters. The number of carbonyl (C=O) groups excluding carboxylic acids is 1. The smallest absolute Gasteiger partial charge is 0.223 e. The van der Waals surface area contributed by atoms with Gasteiger partial charge in [0.2, 0.25) is 5.91 Å². The monoisotopic (exact) mass is 274 g/mol. The van der Waals surface area contributed by atoms with Crippen molar-refractivity contribution < 1.29 is 4.79 Å². The molecule has 1 aliphatic carbocycles. The maximum atomic E-state index is 12.1. The topological polar surface area (TPSA) is 41.1 Å². The molecule has 2 aliphatic rings. The second kappa shape index (κ2) is 8.00. The molecule has 106 valence electrons. The summed E-state index contributed by atoms with van der Waals surface area (Å²) in [6.07, 6.45) is 8.18. The lowest BCUT2D eigenvalue weighted by Crippen LogP contribution is -2.45. The van der Waals surface area contributed by atoms with Crippen LogP contribution < -0.4 is 10.6 Å². The van der Waals surface area contributed by atoms with Crippen molar-refractivity contribution in [1.82, 2.24) is 10.6 Å². The maximum absolute atomic E-state index is 12.1. The van der Waals surface area contributed by atoms with Gasteiger partial charge in [0, 0.05) is 12.0 Å². The van der Waals surface area contributed by atoms with Crippen molar-refractivity contribution in [2.75, 3.05) is 13.1 Å². The molecule has 2 N–H and O–H groups in total. The Labute approximate surface area is 117 Å². The molecule has 0 spiro atoms. The Hall–Kier alpha value is -0.280. The summed E-state index contributed by atoms with van der Waals surface area (Å²) in [5.74, 6) is 1.50. The Morgan fingerprint density at radius 2 is 1.72 bits per heavy atom. The van der Waals surface area contributed by atoms with E-state index in [9.17, 15) is 4.79 Å². The van der Waals surface area contributed by atoms with Crippen LogP contribution in [0.15, 0.2) is 0 Å². The van der Waals surface area contributed by atoms with Crippen LogP contribution in [0.1, 0.15) is 51.9 Å². The van der Waals surface area contributed by atoms with E-state index < -0.39 is 0 Å². The molecule has 18 heavy (non-hydrogen) atoms. The third-order valence-electron chi connectivity index (χ3n) is 4.48. The van der Waals surface area contributed by atoms with E-state index in [2.05, 4.69) is 17.6 Å². The van der Waals surface area contributed by atoms with Crippen LogP contribution in [-0.2, 0) is 4.79 Å². The molecule has 1 saturated carbocycles. The predicted molar refractivity (Wildman–Crippen MR) is 77.0 cm³/mol. The van der Waals surface area contributed by atoms with Gasteiger partial charge in [-0.05, 0) is 57.5 Å².